The number of hydrogen-bond acceptors (Lipinski definition) is 3. The summed E-state index contributed by atoms with van der Waals surface area (Å²) >= 11 is 0. The van der Waals surface area contributed by atoms with E-state index < -0.39 is 6.23 Å². The molecule has 1 aromatic carbocycles. The molecule has 1 atom stereocenters. The molecule has 16 heavy (non-hydrogen) atoms. The van der Waals surface area contributed by atoms with E-state index >= 15 is 0 Å². The van der Waals surface area contributed by atoms with Crippen LogP contribution in [-0.2, 0) is 11.2 Å². The third-order valence-electron chi connectivity index (χ3n) is 2.30. The monoisotopic (exact) mass is 221 g/mol. The zero-order valence-corrected chi connectivity index (χ0v) is 9.90. The summed E-state index contributed by atoms with van der Waals surface area (Å²) < 4.78 is 4.90. The third-order valence-corrected chi connectivity index (χ3v) is 2.30. The molecule has 1 unspecified atom stereocenters. The minimum atomic E-state index is -0.563. The van der Waals surface area contributed by atoms with Crippen molar-refractivity contribution < 1.29 is 9.53 Å². The summed E-state index contributed by atoms with van der Waals surface area (Å²) in [5.74, 6) is -0.364. The molecule has 1 rings (SSSR count). The Morgan fingerprint density at radius 1 is 1.38 bits per heavy atom. The van der Waals surface area contributed by atoms with Gasteiger partial charge in [-0.05, 0) is 37.5 Å². The summed E-state index contributed by atoms with van der Waals surface area (Å²) in [6.07, 6.45) is 2.84. The summed E-state index contributed by atoms with van der Waals surface area (Å²) in [6.45, 7) is 3.79. The molecule has 0 fully saturated rings. The second kappa shape index (κ2) is 6.28. The van der Waals surface area contributed by atoms with E-state index in [4.69, 9.17) is 10.5 Å². The summed E-state index contributed by atoms with van der Waals surface area (Å²) in [7, 11) is 0. The third kappa shape index (κ3) is 4.03. The highest BCUT2D eigenvalue weighted by molar-refractivity contribution is 5.89. The van der Waals surface area contributed by atoms with E-state index in [-0.39, 0.29) is 5.97 Å². The standard InChI is InChI=1S/C13H19NO2/c1-3-4-5-11-6-8-12(9-7-11)13(15)16-10(2)14/h6-10H,3-5,14H2,1-2H3. The molecular weight excluding hydrogens is 202 g/mol. The molecule has 88 valence electrons. The van der Waals surface area contributed by atoms with Crippen LogP contribution in [0.5, 0.6) is 0 Å². The van der Waals surface area contributed by atoms with Gasteiger partial charge in [0.15, 0.2) is 0 Å². The number of rotatable bonds is 5. The van der Waals surface area contributed by atoms with Crippen LogP contribution >= 0.6 is 0 Å². The lowest BCUT2D eigenvalue weighted by Crippen LogP contribution is -2.23. The predicted octanol–water partition coefficient (Wildman–Crippen LogP) is 2.49. The molecule has 2 N–H and O–H groups in total. The molecule has 0 aliphatic rings. The molecule has 1 aromatic rings. The van der Waals surface area contributed by atoms with Crippen LogP contribution in [0.15, 0.2) is 24.3 Å². The van der Waals surface area contributed by atoms with Crippen molar-refractivity contribution in [3.05, 3.63) is 35.4 Å². The average molecular weight is 221 g/mol. The summed E-state index contributed by atoms with van der Waals surface area (Å²) in [5, 5.41) is 0. The second-order valence-corrected chi connectivity index (χ2v) is 3.91. The zero-order chi connectivity index (χ0) is 12.0. The van der Waals surface area contributed by atoms with Crippen molar-refractivity contribution in [1.29, 1.82) is 0 Å². The smallest absolute Gasteiger partial charge is 0.339 e. The van der Waals surface area contributed by atoms with Crippen LogP contribution in [0.25, 0.3) is 0 Å². The van der Waals surface area contributed by atoms with Crippen molar-refractivity contribution >= 4 is 5.97 Å². The lowest BCUT2D eigenvalue weighted by molar-refractivity contribution is 0.0355. The first-order valence-corrected chi connectivity index (χ1v) is 5.69. The normalized spacial score (nSPS) is 12.2. The number of benzene rings is 1. The van der Waals surface area contributed by atoms with Gasteiger partial charge in [-0.1, -0.05) is 25.5 Å². The highest BCUT2D eigenvalue weighted by Gasteiger charge is 2.08. The van der Waals surface area contributed by atoms with E-state index in [1.165, 1.54) is 18.4 Å². The first-order chi connectivity index (χ1) is 7.63. The first kappa shape index (κ1) is 12.7. The molecule has 0 spiro atoms. The molecule has 0 aliphatic carbocycles. The van der Waals surface area contributed by atoms with Crippen molar-refractivity contribution in [1.82, 2.24) is 0 Å². The van der Waals surface area contributed by atoms with E-state index in [1.54, 1.807) is 19.1 Å². The number of ether oxygens (including phenoxy) is 1. The molecule has 3 nitrogen and oxygen atoms in total. The van der Waals surface area contributed by atoms with Crippen molar-refractivity contribution in [2.45, 2.75) is 39.3 Å². The molecule has 0 amide bonds. The topological polar surface area (TPSA) is 52.3 Å². The quantitative estimate of drug-likeness (QED) is 0.614. The number of nitrogens with two attached hydrogens (primary N) is 1. The van der Waals surface area contributed by atoms with Gasteiger partial charge in [-0.2, -0.15) is 0 Å². The van der Waals surface area contributed by atoms with Gasteiger partial charge >= 0.3 is 5.97 Å². The van der Waals surface area contributed by atoms with Crippen LogP contribution in [0.3, 0.4) is 0 Å². The van der Waals surface area contributed by atoms with Gasteiger partial charge < -0.3 is 4.74 Å². The Balaban J connectivity index is 2.60. The van der Waals surface area contributed by atoms with Crippen molar-refractivity contribution in [3.8, 4) is 0 Å². The van der Waals surface area contributed by atoms with Crippen LogP contribution in [-0.4, -0.2) is 12.2 Å². The molecular formula is C13H19NO2. The van der Waals surface area contributed by atoms with Crippen LogP contribution in [0.4, 0.5) is 0 Å². The van der Waals surface area contributed by atoms with E-state index in [2.05, 4.69) is 6.92 Å². The van der Waals surface area contributed by atoms with E-state index in [1.807, 2.05) is 12.1 Å². The van der Waals surface area contributed by atoms with Gasteiger partial charge in [0.25, 0.3) is 0 Å². The van der Waals surface area contributed by atoms with Crippen molar-refractivity contribution in [2.75, 3.05) is 0 Å². The Labute approximate surface area is 96.6 Å². The minimum Gasteiger partial charge on any atom is -0.444 e. The van der Waals surface area contributed by atoms with Crippen LogP contribution in [0.2, 0.25) is 0 Å². The van der Waals surface area contributed by atoms with Gasteiger partial charge in [-0.15, -0.1) is 0 Å². The van der Waals surface area contributed by atoms with Gasteiger partial charge in [0.1, 0.15) is 6.23 Å². The Kier molecular flexibility index (Phi) is 4.99. The van der Waals surface area contributed by atoms with Crippen LogP contribution in [0.1, 0.15) is 42.6 Å². The SMILES string of the molecule is CCCCc1ccc(C(=O)OC(C)N)cc1. The Bertz CT molecular complexity index is 330. The lowest BCUT2D eigenvalue weighted by Gasteiger charge is -2.08. The zero-order valence-electron chi connectivity index (χ0n) is 9.90. The molecule has 0 saturated heterocycles. The summed E-state index contributed by atoms with van der Waals surface area (Å²) in [4.78, 5) is 11.5. The van der Waals surface area contributed by atoms with E-state index in [0.29, 0.717) is 5.56 Å². The van der Waals surface area contributed by atoms with Crippen molar-refractivity contribution in [3.63, 3.8) is 0 Å². The number of esters is 1. The first-order valence-electron chi connectivity index (χ1n) is 5.69. The average Bonchev–Trinajstić information content (AvgIpc) is 2.26. The number of carbonyl (C=O) groups excluding carboxylic acids is 1. The van der Waals surface area contributed by atoms with Crippen LogP contribution < -0.4 is 5.73 Å². The molecule has 0 saturated carbocycles. The Morgan fingerprint density at radius 3 is 2.50 bits per heavy atom. The summed E-state index contributed by atoms with van der Waals surface area (Å²) in [6, 6.07) is 7.51. The van der Waals surface area contributed by atoms with Gasteiger partial charge in [0.2, 0.25) is 0 Å². The number of carbonyl (C=O) groups is 1. The van der Waals surface area contributed by atoms with Gasteiger partial charge in [0, 0.05) is 0 Å². The van der Waals surface area contributed by atoms with E-state index in [0.717, 1.165) is 6.42 Å². The highest BCUT2D eigenvalue weighted by Crippen LogP contribution is 2.09. The number of hydrogen-bond donors (Lipinski definition) is 1. The molecule has 0 radical (unpaired) electrons. The fraction of sp³-hybridized carbons (Fsp3) is 0.462. The molecule has 0 bridgehead atoms. The molecule has 3 heteroatoms. The summed E-state index contributed by atoms with van der Waals surface area (Å²) in [5.41, 5.74) is 7.19. The van der Waals surface area contributed by atoms with E-state index in [9.17, 15) is 4.79 Å². The van der Waals surface area contributed by atoms with Gasteiger partial charge in [0.05, 0.1) is 5.56 Å². The minimum absolute atomic E-state index is 0.364. The molecule has 0 aliphatic heterocycles. The van der Waals surface area contributed by atoms with Gasteiger partial charge in [-0.25, -0.2) is 4.79 Å². The largest absolute Gasteiger partial charge is 0.444 e. The second-order valence-electron chi connectivity index (χ2n) is 3.91. The van der Waals surface area contributed by atoms with Crippen LogP contribution in [0, 0.1) is 0 Å². The van der Waals surface area contributed by atoms with Crippen molar-refractivity contribution in [2.24, 2.45) is 5.73 Å². The molecule has 0 aromatic heterocycles. The fourth-order valence-corrected chi connectivity index (χ4v) is 1.43. The maximum atomic E-state index is 11.5. The maximum absolute atomic E-state index is 11.5. The highest BCUT2D eigenvalue weighted by atomic mass is 16.6. The Morgan fingerprint density at radius 2 is 2.00 bits per heavy atom. The molecule has 0 heterocycles. The number of aryl methyl sites for hydroxylation is 1. The predicted molar refractivity (Wildman–Crippen MR) is 64.1 cm³/mol. The number of unbranched alkanes of at least 4 members (excludes halogenated alkanes) is 1. The fourth-order valence-electron chi connectivity index (χ4n) is 1.43. The maximum Gasteiger partial charge on any atom is 0.339 e. The lowest BCUT2D eigenvalue weighted by atomic mass is 10.1. The van der Waals surface area contributed by atoms with Gasteiger partial charge in [-0.3, -0.25) is 5.73 Å². The Hall–Kier alpha value is -1.35.